The van der Waals surface area contributed by atoms with Crippen LogP contribution < -0.4 is 4.74 Å². The van der Waals surface area contributed by atoms with Crippen molar-refractivity contribution in [2.24, 2.45) is 4.40 Å². The molecule has 0 saturated carbocycles. The van der Waals surface area contributed by atoms with Gasteiger partial charge in [-0.2, -0.15) is 5.26 Å². The average molecular weight is 434 g/mol. The summed E-state index contributed by atoms with van der Waals surface area (Å²) in [7, 11) is -3.06. The van der Waals surface area contributed by atoms with Crippen molar-refractivity contribution < 1.29 is 18.9 Å². The third-order valence-corrected chi connectivity index (χ3v) is 6.64. The molecule has 3 N–H and O–H groups in total. The molecule has 0 aromatic heterocycles. The van der Waals surface area contributed by atoms with E-state index in [9.17, 15) is 14.2 Å². The van der Waals surface area contributed by atoms with Gasteiger partial charge in [0.25, 0.3) is 0 Å². The fourth-order valence-corrected chi connectivity index (χ4v) is 4.94. The summed E-state index contributed by atoms with van der Waals surface area (Å²) in [5.41, 5.74) is -0.389. The summed E-state index contributed by atoms with van der Waals surface area (Å²) in [6.45, 7) is 1.20. The maximum Gasteiger partial charge on any atom is 0.161 e. The van der Waals surface area contributed by atoms with Gasteiger partial charge in [-0.15, -0.1) is 4.40 Å². The number of nitrogens with zero attached hydrogens (tertiary/aromatic N) is 3. The summed E-state index contributed by atoms with van der Waals surface area (Å²) in [4.78, 5) is 1.92. The molecule has 2 aliphatic rings. The number of ether oxygens (including phenoxy) is 1. The smallest absolute Gasteiger partial charge is 0.161 e. The molecule has 1 atom stereocenters. The van der Waals surface area contributed by atoms with Crippen LogP contribution in [0.3, 0.4) is 0 Å². The predicted molar refractivity (Wildman–Crippen MR) is 113 cm³/mol. The number of fused-ring (bicyclic) bond motifs is 1. The monoisotopic (exact) mass is 433 g/mol. The molecule has 152 valence electrons. The largest absolute Gasteiger partial charge is 0.457 e. The van der Waals surface area contributed by atoms with E-state index in [2.05, 4.69) is 4.40 Å². The molecule has 4 rings (SSSR count). The fourth-order valence-electron chi connectivity index (χ4n) is 3.63. The summed E-state index contributed by atoms with van der Waals surface area (Å²) in [6, 6.07) is 13.7. The van der Waals surface area contributed by atoms with E-state index in [0.29, 0.717) is 46.4 Å². The van der Waals surface area contributed by atoms with E-state index in [1.54, 1.807) is 42.5 Å². The zero-order chi connectivity index (χ0) is 20.6. The molecule has 2 aromatic rings. The Kier molecular flexibility index (Phi) is 5.19. The van der Waals surface area contributed by atoms with Crippen LogP contribution in [-0.2, 0) is 5.60 Å². The van der Waals surface area contributed by atoms with Crippen LogP contribution in [0, 0.1) is 11.3 Å². The van der Waals surface area contributed by atoms with Gasteiger partial charge in [0.15, 0.2) is 5.84 Å². The summed E-state index contributed by atoms with van der Waals surface area (Å²) < 4.78 is 29.9. The van der Waals surface area contributed by atoms with Crippen LogP contribution in [0.1, 0.15) is 24.0 Å². The van der Waals surface area contributed by atoms with E-state index in [1.807, 2.05) is 11.0 Å². The van der Waals surface area contributed by atoms with Gasteiger partial charge in [0, 0.05) is 19.2 Å². The first kappa shape index (κ1) is 20.0. The van der Waals surface area contributed by atoms with Crippen LogP contribution in [0.15, 0.2) is 46.9 Å². The number of nitriles is 1. The maximum atomic E-state index is 11.4. The van der Waals surface area contributed by atoms with E-state index >= 15 is 0 Å². The van der Waals surface area contributed by atoms with Gasteiger partial charge in [0.2, 0.25) is 0 Å². The molecule has 0 amide bonds. The highest BCUT2D eigenvalue weighted by Crippen LogP contribution is 2.47. The van der Waals surface area contributed by atoms with E-state index in [4.69, 9.17) is 21.6 Å². The van der Waals surface area contributed by atoms with Gasteiger partial charge in [0.05, 0.1) is 16.3 Å². The lowest BCUT2D eigenvalue weighted by Gasteiger charge is -2.47. The van der Waals surface area contributed by atoms with E-state index in [0.717, 1.165) is 13.0 Å². The molecule has 7 nitrogen and oxygen atoms in total. The average Bonchev–Trinajstić information content (AvgIpc) is 2.69. The second kappa shape index (κ2) is 7.52. The molecule has 1 saturated heterocycles. The standard InChI is InChI=1S/C20H20ClN3O4S/c21-18-12-17(5-2-14(18)13-22)28-16-6-3-15(4-7-16)20(25)8-1-9-24-10-11-29(26,27)23-19(20)24/h2-7,12,25-27H,1,8-11H2. The number of benzene rings is 2. The molecule has 0 radical (unpaired) electrons. The molecule has 29 heavy (non-hydrogen) atoms. The number of aliphatic hydroxyl groups is 1. The Bertz CT molecular complexity index is 1010. The SMILES string of the molecule is N#Cc1ccc(Oc2ccc(C3(O)CCCN4CCS(O)(O)N=C43)cc2)cc1Cl. The van der Waals surface area contributed by atoms with Gasteiger partial charge >= 0.3 is 0 Å². The highest BCUT2D eigenvalue weighted by atomic mass is 35.5. The van der Waals surface area contributed by atoms with Crippen LogP contribution in [0.2, 0.25) is 5.02 Å². The minimum Gasteiger partial charge on any atom is -0.457 e. The number of amidine groups is 1. The van der Waals surface area contributed by atoms with Gasteiger partial charge in [-0.1, -0.05) is 34.5 Å². The first-order valence-electron chi connectivity index (χ1n) is 9.12. The quantitative estimate of drug-likeness (QED) is 0.663. The van der Waals surface area contributed by atoms with Crippen LogP contribution in [-0.4, -0.2) is 43.8 Å². The minimum atomic E-state index is -3.06. The molecule has 0 bridgehead atoms. The Morgan fingerprint density at radius 2 is 1.86 bits per heavy atom. The Labute approximate surface area is 175 Å². The Morgan fingerprint density at radius 1 is 1.14 bits per heavy atom. The zero-order valence-corrected chi connectivity index (χ0v) is 17.0. The Morgan fingerprint density at radius 3 is 2.55 bits per heavy atom. The minimum absolute atomic E-state index is 0.187. The molecule has 9 heteroatoms. The van der Waals surface area contributed by atoms with Crippen molar-refractivity contribution in [2.75, 3.05) is 18.8 Å². The van der Waals surface area contributed by atoms with Crippen molar-refractivity contribution in [1.82, 2.24) is 4.90 Å². The summed E-state index contributed by atoms with van der Waals surface area (Å²) >= 11 is 6.04. The van der Waals surface area contributed by atoms with E-state index in [-0.39, 0.29) is 5.75 Å². The topological polar surface area (TPSA) is 109 Å². The molecule has 1 unspecified atom stereocenters. The summed E-state index contributed by atoms with van der Waals surface area (Å²) in [5, 5.41) is 20.6. The molecule has 0 spiro atoms. The van der Waals surface area contributed by atoms with E-state index < -0.39 is 16.4 Å². The van der Waals surface area contributed by atoms with Crippen LogP contribution in [0.5, 0.6) is 11.5 Å². The molecular weight excluding hydrogens is 414 g/mol. The fraction of sp³-hybridized carbons (Fsp3) is 0.300. The summed E-state index contributed by atoms with van der Waals surface area (Å²) in [6.07, 6.45) is 1.22. The van der Waals surface area contributed by atoms with Crippen molar-refractivity contribution in [3.05, 3.63) is 58.6 Å². The number of rotatable bonds is 3. The van der Waals surface area contributed by atoms with Gasteiger partial charge < -0.3 is 14.7 Å². The summed E-state index contributed by atoms with van der Waals surface area (Å²) in [5.74, 6) is 1.55. The number of piperidine rings is 1. The Hall–Kier alpha value is -2.28. The van der Waals surface area contributed by atoms with Crippen LogP contribution in [0.25, 0.3) is 0 Å². The molecule has 2 aromatic carbocycles. The third-order valence-electron chi connectivity index (χ3n) is 5.13. The highest BCUT2D eigenvalue weighted by Gasteiger charge is 2.44. The highest BCUT2D eigenvalue weighted by molar-refractivity contribution is 8.23. The first-order chi connectivity index (χ1) is 13.8. The van der Waals surface area contributed by atoms with Gasteiger partial charge in [-0.25, -0.2) is 0 Å². The van der Waals surface area contributed by atoms with Crippen molar-refractivity contribution >= 4 is 28.2 Å². The van der Waals surface area contributed by atoms with Gasteiger partial charge in [0.1, 0.15) is 23.2 Å². The van der Waals surface area contributed by atoms with Crippen molar-refractivity contribution in [3.8, 4) is 17.6 Å². The maximum absolute atomic E-state index is 11.4. The third kappa shape index (κ3) is 3.92. The van der Waals surface area contributed by atoms with Crippen molar-refractivity contribution in [2.45, 2.75) is 18.4 Å². The number of hydrogen-bond acceptors (Lipinski definition) is 7. The van der Waals surface area contributed by atoms with Crippen molar-refractivity contribution in [3.63, 3.8) is 0 Å². The lowest BCUT2D eigenvalue weighted by atomic mass is 9.84. The first-order valence-corrected chi connectivity index (χ1v) is 11.2. The second-order valence-electron chi connectivity index (χ2n) is 7.08. The zero-order valence-electron chi connectivity index (χ0n) is 15.5. The van der Waals surface area contributed by atoms with Gasteiger partial charge in [-0.05, 0) is 42.7 Å². The lowest BCUT2D eigenvalue weighted by Crippen LogP contribution is -2.54. The number of halogens is 1. The molecule has 2 heterocycles. The number of hydrogen-bond donors (Lipinski definition) is 3. The lowest BCUT2D eigenvalue weighted by molar-refractivity contribution is 0.0643. The van der Waals surface area contributed by atoms with E-state index in [1.165, 1.54) is 0 Å². The molecular formula is C20H20ClN3O4S. The normalized spacial score (nSPS) is 24.1. The Balaban J connectivity index is 1.59. The van der Waals surface area contributed by atoms with Crippen molar-refractivity contribution in [1.29, 1.82) is 5.26 Å². The van der Waals surface area contributed by atoms with Crippen LogP contribution in [0.4, 0.5) is 0 Å². The van der Waals surface area contributed by atoms with Gasteiger partial charge in [-0.3, -0.25) is 9.11 Å². The van der Waals surface area contributed by atoms with Crippen LogP contribution >= 0.6 is 22.4 Å². The predicted octanol–water partition coefficient (Wildman–Crippen LogP) is 4.37. The second-order valence-corrected chi connectivity index (χ2v) is 9.34. The molecule has 1 fully saturated rings. The molecule has 0 aliphatic carbocycles. The molecule has 2 aliphatic heterocycles.